The minimum atomic E-state index is 0.245. The summed E-state index contributed by atoms with van der Waals surface area (Å²) in [5.74, 6) is 1.57. The minimum Gasteiger partial charge on any atom is -0.495 e. The minimum absolute atomic E-state index is 0.245. The Morgan fingerprint density at radius 2 is 1.62 bits per heavy atom. The normalized spacial score (nSPS) is 12.2. The summed E-state index contributed by atoms with van der Waals surface area (Å²) in [5, 5.41) is 3.51. The number of hydrogen-bond donors (Lipinski definition) is 1. The van der Waals surface area contributed by atoms with Gasteiger partial charge in [-0.1, -0.05) is 50.2 Å². The Morgan fingerprint density at radius 3 is 2.24 bits per heavy atom. The van der Waals surface area contributed by atoms with Crippen LogP contribution in [0.15, 0.2) is 48.5 Å². The van der Waals surface area contributed by atoms with Gasteiger partial charge in [0.25, 0.3) is 0 Å². The summed E-state index contributed by atoms with van der Waals surface area (Å²) in [6.07, 6.45) is 1.13. The molecule has 2 aromatic rings. The second-order valence-corrected chi connectivity index (χ2v) is 5.91. The van der Waals surface area contributed by atoms with Crippen LogP contribution in [-0.2, 0) is 6.42 Å². The van der Waals surface area contributed by atoms with Gasteiger partial charge < -0.3 is 10.1 Å². The topological polar surface area (TPSA) is 21.3 Å². The zero-order valence-corrected chi connectivity index (χ0v) is 13.4. The first-order chi connectivity index (χ1) is 10.1. The molecular weight excluding hydrogens is 258 g/mol. The van der Waals surface area contributed by atoms with E-state index < -0.39 is 0 Å². The van der Waals surface area contributed by atoms with E-state index >= 15 is 0 Å². The smallest absolute Gasteiger partial charge is 0.141 e. The summed E-state index contributed by atoms with van der Waals surface area (Å²) in [7, 11) is 1.70. The number of ether oxygens (including phenoxy) is 1. The number of rotatable bonds is 6. The Morgan fingerprint density at radius 1 is 0.952 bits per heavy atom. The third kappa shape index (κ3) is 4.25. The monoisotopic (exact) mass is 283 g/mol. The van der Waals surface area contributed by atoms with E-state index in [-0.39, 0.29) is 6.04 Å². The third-order valence-corrected chi connectivity index (χ3v) is 3.60. The van der Waals surface area contributed by atoms with Crippen molar-refractivity contribution in [2.75, 3.05) is 12.4 Å². The summed E-state index contributed by atoms with van der Waals surface area (Å²) >= 11 is 0. The lowest BCUT2D eigenvalue weighted by Crippen LogP contribution is -2.07. The van der Waals surface area contributed by atoms with Crippen LogP contribution in [0.25, 0.3) is 0 Å². The number of nitrogens with one attached hydrogen (secondary N) is 1. The molecule has 0 amide bonds. The molecule has 2 nitrogen and oxygen atoms in total. The zero-order chi connectivity index (χ0) is 15.2. The molecule has 0 saturated carbocycles. The largest absolute Gasteiger partial charge is 0.495 e. The van der Waals surface area contributed by atoms with Crippen LogP contribution in [0.5, 0.6) is 5.75 Å². The van der Waals surface area contributed by atoms with Crippen molar-refractivity contribution in [1.82, 2.24) is 0 Å². The predicted molar refractivity (Wildman–Crippen MR) is 90.0 cm³/mol. The lowest BCUT2D eigenvalue weighted by Gasteiger charge is -2.18. The Balaban J connectivity index is 2.07. The fourth-order valence-corrected chi connectivity index (χ4v) is 2.49. The average Bonchev–Trinajstić information content (AvgIpc) is 2.48. The maximum absolute atomic E-state index is 5.38. The molecule has 0 bridgehead atoms. The summed E-state index contributed by atoms with van der Waals surface area (Å²) < 4.78 is 5.38. The van der Waals surface area contributed by atoms with Crippen molar-refractivity contribution in [3.05, 3.63) is 59.7 Å². The molecule has 2 heteroatoms. The molecule has 1 unspecified atom stereocenters. The molecule has 21 heavy (non-hydrogen) atoms. The van der Waals surface area contributed by atoms with E-state index in [4.69, 9.17) is 4.74 Å². The van der Waals surface area contributed by atoms with Crippen molar-refractivity contribution in [2.45, 2.75) is 33.2 Å². The number of hydrogen-bond acceptors (Lipinski definition) is 2. The van der Waals surface area contributed by atoms with Crippen LogP contribution in [0.1, 0.15) is 37.9 Å². The van der Waals surface area contributed by atoms with Crippen LogP contribution in [-0.4, -0.2) is 7.11 Å². The van der Waals surface area contributed by atoms with Gasteiger partial charge in [0.2, 0.25) is 0 Å². The second-order valence-electron chi connectivity index (χ2n) is 5.91. The molecule has 1 N–H and O–H groups in total. The molecule has 1 atom stereocenters. The van der Waals surface area contributed by atoms with E-state index in [9.17, 15) is 0 Å². The highest BCUT2D eigenvalue weighted by molar-refractivity contribution is 5.57. The Labute approximate surface area is 128 Å². The highest BCUT2D eigenvalue weighted by Crippen LogP contribution is 2.27. The molecule has 2 rings (SSSR count). The van der Waals surface area contributed by atoms with Gasteiger partial charge in [-0.3, -0.25) is 0 Å². The van der Waals surface area contributed by atoms with Gasteiger partial charge in [-0.15, -0.1) is 0 Å². The van der Waals surface area contributed by atoms with E-state index in [1.165, 1.54) is 11.1 Å². The summed E-state index contributed by atoms with van der Waals surface area (Å²) in [5.41, 5.74) is 3.71. The second kappa shape index (κ2) is 7.16. The maximum Gasteiger partial charge on any atom is 0.141 e. The molecule has 0 fully saturated rings. The van der Waals surface area contributed by atoms with E-state index in [1.807, 2.05) is 24.3 Å². The number of methoxy groups -OCH3 is 1. The molecular formula is C19H25NO. The number of anilines is 1. The van der Waals surface area contributed by atoms with Gasteiger partial charge in [0.1, 0.15) is 5.75 Å². The predicted octanol–water partition coefficient (Wildman–Crippen LogP) is 5.07. The van der Waals surface area contributed by atoms with Gasteiger partial charge in [0.05, 0.1) is 12.8 Å². The lowest BCUT2D eigenvalue weighted by atomic mass is 10.00. The van der Waals surface area contributed by atoms with E-state index in [0.717, 1.165) is 17.9 Å². The van der Waals surface area contributed by atoms with Crippen LogP contribution in [0.3, 0.4) is 0 Å². The van der Waals surface area contributed by atoms with Crippen molar-refractivity contribution in [2.24, 2.45) is 5.92 Å². The first kappa shape index (κ1) is 15.4. The molecule has 0 spiro atoms. The Kier molecular flexibility index (Phi) is 5.26. The first-order valence-electron chi connectivity index (χ1n) is 7.58. The van der Waals surface area contributed by atoms with Crippen molar-refractivity contribution < 1.29 is 4.74 Å². The molecule has 0 aliphatic rings. The van der Waals surface area contributed by atoms with Gasteiger partial charge in [0.15, 0.2) is 0 Å². The van der Waals surface area contributed by atoms with Crippen molar-refractivity contribution >= 4 is 5.69 Å². The Hall–Kier alpha value is -1.96. The fraction of sp³-hybridized carbons (Fsp3) is 0.368. The van der Waals surface area contributed by atoms with Gasteiger partial charge >= 0.3 is 0 Å². The van der Waals surface area contributed by atoms with Crippen molar-refractivity contribution in [1.29, 1.82) is 0 Å². The van der Waals surface area contributed by atoms with Crippen molar-refractivity contribution in [3.63, 3.8) is 0 Å². The molecule has 0 aliphatic heterocycles. The van der Waals surface area contributed by atoms with E-state index in [1.54, 1.807) is 7.11 Å². The van der Waals surface area contributed by atoms with Gasteiger partial charge in [0, 0.05) is 6.04 Å². The molecule has 0 aliphatic carbocycles. The van der Waals surface area contributed by atoms with Gasteiger partial charge in [-0.2, -0.15) is 0 Å². The highest BCUT2D eigenvalue weighted by Gasteiger charge is 2.08. The highest BCUT2D eigenvalue weighted by atomic mass is 16.5. The molecule has 2 aromatic carbocycles. The van der Waals surface area contributed by atoms with Gasteiger partial charge in [-0.05, 0) is 42.5 Å². The van der Waals surface area contributed by atoms with Crippen LogP contribution in [0.4, 0.5) is 5.69 Å². The SMILES string of the molecule is COc1ccccc1NC(C)c1ccc(CC(C)C)cc1. The van der Waals surface area contributed by atoms with Crippen LogP contribution >= 0.6 is 0 Å². The quantitative estimate of drug-likeness (QED) is 0.799. The van der Waals surface area contributed by atoms with E-state index in [2.05, 4.69) is 50.4 Å². The molecule has 0 heterocycles. The molecule has 0 saturated heterocycles. The number of para-hydroxylation sites is 2. The lowest BCUT2D eigenvalue weighted by molar-refractivity contribution is 0.416. The Bertz CT molecular complexity index is 560. The molecule has 0 aromatic heterocycles. The van der Waals surface area contributed by atoms with Crippen LogP contribution in [0, 0.1) is 5.92 Å². The van der Waals surface area contributed by atoms with Gasteiger partial charge in [-0.25, -0.2) is 0 Å². The van der Waals surface area contributed by atoms with Crippen LogP contribution in [0.2, 0.25) is 0 Å². The average molecular weight is 283 g/mol. The van der Waals surface area contributed by atoms with Crippen molar-refractivity contribution in [3.8, 4) is 5.75 Å². The number of benzene rings is 2. The fourth-order valence-electron chi connectivity index (χ4n) is 2.49. The summed E-state index contributed by atoms with van der Waals surface area (Å²) in [6.45, 7) is 6.67. The standard InChI is InChI=1S/C19H25NO/c1-14(2)13-16-9-11-17(12-10-16)15(3)20-18-7-5-6-8-19(18)21-4/h5-12,14-15,20H,13H2,1-4H3. The third-order valence-electron chi connectivity index (χ3n) is 3.60. The summed E-state index contributed by atoms with van der Waals surface area (Å²) in [4.78, 5) is 0. The first-order valence-corrected chi connectivity index (χ1v) is 7.58. The van der Waals surface area contributed by atoms with Crippen LogP contribution < -0.4 is 10.1 Å². The summed E-state index contributed by atoms with van der Waals surface area (Å²) in [6, 6.07) is 17.2. The van der Waals surface area contributed by atoms with E-state index in [0.29, 0.717) is 5.92 Å². The molecule has 112 valence electrons. The maximum atomic E-state index is 5.38. The zero-order valence-electron chi connectivity index (χ0n) is 13.4. The molecule has 0 radical (unpaired) electrons.